The van der Waals surface area contributed by atoms with Crippen molar-refractivity contribution in [2.45, 2.75) is 12.7 Å². The van der Waals surface area contributed by atoms with Gasteiger partial charge >= 0.3 is 6.18 Å². The largest absolute Gasteiger partial charge is 0.417 e. The molecule has 0 aliphatic carbocycles. The summed E-state index contributed by atoms with van der Waals surface area (Å²) in [5.74, 6) is -0.365. The van der Waals surface area contributed by atoms with Crippen LogP contribution in [0, 0.1) is 0 Å². The number of nitrogens with one attached hydrogen (secondary N) is 1. The molecule has 5 nitrogen and oxygen atoms in total. The zero-order valence-electron chi connectivity index (χ0n) is 16.2. The highest BCUT2D eigenvalue weighted by Crippen LogP contribution is 2.31. The molecule has 0 saturated carbocycles. The molecule has 1 fully saturated rings. The number of hydrogen-bond donors (Lipinski definition) is 1. The van der Waals surface area contributed by atoms with E-state index in [0.717, 1.165) is 42.5 Å². The predicted molar refractivity (Wildman–Crippen MR) is 110 cm³/mol. The molecule has 1 heterocycles. The molecule has 2 aromatic carbocycles. The third kappa shape index (κ3) is 6.29. The normalized spacial score (nSPS) is 16.1. The minimum absolute atomic E-state index is 0.0986. The average molecular weight is 439 g/mol. The summed E-state index contributed by atoms with van der Waals surface area (Å²) >= 11 is 6.20. The van der Waals surface area contributed by atoms with E-state index in [1.54, 1.807) is 0 Å². The van der Waals surface area contributed by atoms with Crippen molar-refractivity contribution < 1.29 is 18.0 Å². The maximum absolute atomic E-state index is 13.0. The summed E-state index contributed by atoms with van der Waals surface area (Å²) < 4.78 is 38.9. The SMILES string of the molecule is O=C(CN1CCN(Cc2ccccc2Cl)CC1)NN=Cc1ccccc1C(F)(F)F. The zero-order chi connectivity index (χ0) is 21.6. The Labute approximate surface area is 178 Å². The second-order valence-electron chi connectivity index (χ2n) is 7.02. The van der Waals surface area contributed by atoms with Crippen molar-refractivity contribution in [3.05, 3.63) is 70.2 Å². The molecule has 160 valence electrons. The first-order valence-corrected chi connectivity index (χ1v) is 9.87. The van der Waals surface area contributed by atoms with Gasteiger partial charge in [-0.2, -0.15) is 18.3 Å². The predicted octanol–water partition coefficient (Wildman–Crippen LogP) is 3.63. The first-order valence-electron chi connectivity index (χ1n) is 9.49. The van der Waals surface area contributed by atoms with Crippen LogP contribution in [0.2, 0.25) is 5.02 Å². The molecule has 0 radical (unpaired) electrons. The van der Waals surface area contributed by atoms with Crippen LogP contribution < -0.4 is 5.43 Å². The molecular formula is C21H22ClF3N4O. The minimum atomic E-state index is -4.48. The monoisotopic (exact) mass is 438 g/mol. The van der Waals surface area contributed by atoms with E-state index in [2.05, 4.69) is 15.4 Å². The highest BCUT2D eigenvalue weighted by Gasteiger charge is 2.32. The third-order valence-electron chi connectivity index (χ3n) is 4.84. The Morgan fingerprint density at radius 3 is 2.37 bits per heavy atom. The topological polar surface area (TPSA) is 47.9 Å². The van der Waals surface area contributed by atoms with E-state index in [0.29, 0.717) is 13.1 Å². The summed E-state index contributed by atoms with van der Waals surface area (Å²) in [6.45, 7) is 3.89. The van der Waals surface area contributed by atoms with Gasteiger partial charge in [0.15, 0.2) is 0 Å². The van der Waals surface area contributed by atoms with Gasteiger partial charge in [0.05, 0.1) is 18.3 Å². The van der Waals surface area contributed by atoms with Gasteiger partial charge in [-0.15, -0.1) is 0 Å². The van der Waals surface area contributed by atoms with Crippen molar-refractivity contribution in [2.24, 2.45) is 5.10 Å². The van der Waals surface area contributed by atoms with Gasteiger partial charge in [0.2, 0.25) is 0 Å². The summed E-state index contributed by atoms with van der Waals surface area (Å²) in [6.07, 6.45) is -3.46. The van der Waals surface area contributed by atoms with Crippen LogP contribution in [0.3, 0.4) is 0 Å². The Hall–Kier alpha value is -2.42. The molecule has 2 aromatic rings. The molecule has 1 N–H and O–H groups in total. The van der Waals surface area contributed by atoms with Gasteiger partial charge in [-0.25, -0.2) is 5.43 Å². The number of hydrogen-bond acceptors (Lipinski definition) is 4. The van der Waals surface area contributed by atoms with E-state index in [1.807, 2.05) is 29.2 Å². The summed E-state index contributed by atoms with van der Waals surface area (Å²) in [5, 5.41) is 4.43. The number of carbonyl (C=O) groups excluding carboxylic acids is 1. The second kappa shape index (κ2) is 10.1. The van der Waals surface area contributed by atoms with Gasteiger partial charge in [-0.3, -0.25) is 14.6 Å². The third-order valence-corrected chi connectivity index (χ3v) is 5.21. The molecule has 1 aliphatic heterocycles. The molecular weight excluding hydrogens is 417 g/mol. The van der Waals surface area contributed by atoms with E-state index in [-0.39, 0.29) is 18.0 Å². The van der Waals surface area contributed by atoms with E-state index in [4.69, 9.17) is 11.6 Å². The molecule has 9 heteroatoms. The van der Waals surface area contributed by atoms with Crippen molar-refractivity contribution in [3.63, 3.8) is 0 Å². The van der Waals surface area contributed by atoms with Gasteiger partial charge in [0.25, 0.3) is 5.91 Å². The average Bonchev–Trinajstić information content (AvgIpc) is 2.71. The zero-order valence-corrected chi connectivity index (χ0v) is 17.0. The molecule has 1 saturated heterocycles. The first kappa shape index (κ1) is 22.3. The number of rotatable bonds is 6. The molecule has 3 rings (SSSR count). The Bertz CT molecular complexity index is 896. The lowest BCUT2D eigenvalue weighted by Gasteiger charge is -2.34. The van der Waals surface area contributed by atoms with Crippen molar-refractivity contribution in [1.29, 1.82) is 0 Å². The van der Waals surface area contributed by atoms with E-state index in [9.17, 15) is 18.0 Å². The number of hydrazone groups is 1. The standard InChI is InChI=1S/C21H22ClF3N4O/c22-19-8-4-2-6-17(19)14-28-9-11-29(12-10-28)15-20(30)27-26-13-16-5-1-3-7-18(16)21(23,24)25/h1-8,13H,9-12,14-15H2,(H,27,30). The Kier molecular flexibility index (Phi) is 7.47. The lowest BCUT2D eigenvalue weighted by Crippen LogP contribution is -2.48. The van der Waals surface area contributed by atoms with Gasteiger partial charge in [0, 0.05) is 43.3 Å². The quantitative estimate of drug-likeness (QED) is 0.553. The number of amides is 1. The number of piperazine rings is 1. The fraction of sp³-hybridized carbons (Fsp3) is 0.333. The summed E-state index contributed by atoms with van der Waals surface area (Å²) in [6, 6.07) is 12.8. The van der Waals surface area contributed by atoms with Gasteiger partial charge in [0.1, 0.15) is 0 Å². The number of carbonyl (C=O) groups is 1. The van der Waals surface area contributed by atoms with Crippen LogP contribution >= 0.6 is 11.6 Å². The molecule has 0 aromatic heterocycles. The Balaban J connectivity index is 1.45. The van der Waals surface area contributed by atoms with E-state index >= 15 is 0 Å². The number of alkyl halides is 3. The molecule has 1 aliphatic rings. The van der Waals surface area contributed by atoms with Crippen LogP contribution in [-0.2, 0) is 17.5 Å². The van der Waals surface area contributed by atoms with E-state index < -0.39 is 11.7 Å². The molecule has 0 spiro atoms. The van der Waals surface area contributed by atoms with Crippen molar-refractivity contribution in [3.8, 4) is 0 Å². The van der Waals surface area contributed by atoms with Crippen LogP contribution in [0.25, 0.3) is 0 Å². The maximum atomic E-state index is 13.0. The van der Waals surface area contributed by atoms with Gasteiger partial charge in [-0.05, 0) is 17.7 Å². The highest BCUT2D eigenvalue weighted by atomic mass is 35.5. The van der Waals surface area contributed by atoms with Crippen LogP contribution in [0.5, 0.6) is 0 Å². The van der Waals surface area contributed by atoms with Crippen LogP contribution in [0.1, 0.15) is 16.7 Å². The second-order valence-corrected chi connectivity index (χ2v) is 7.43. The summed E-state index contributed by atoms with van der Waals surface area (Å²) in [7, 11) is 0. The molecule has 30 heavy (non-hydrogen) atoms. The van der Waals surface area contributed by atoms with Gasteiger partial charge < -0.3 is 0 Å². The van der Waals surface area contributed by atoms with Crippen molar-refractivity contribution >= 4 is 23.7 Å². The van der Waals surface area contributed by atoms with Crippen molar-refractivity contribution in [2.75, 3.05) is 32.7 Å². The lowest BCUT2D eigenvalue weighted by atomic mass is 10.1. The minimum Gasteiger partial charge on any atom is -0.296 e. The highest BCUT2D eigenvalue weighted by molar-refractivity contribution is 6.31. The van der Waals surface area contributed by atoms with Gasteiger partial charge in [-0.1, -0.05) is 48.0 Å². The lowest BCUT2D eigenvalue weighted by molar-refractivity contribution is -0.137. The number of nitrogens with zero attached hydrogens (tertiary/aromatic N) is 3. The Morgan fingerprint density at radius 2 is 1.67 bits per heavy atom. The van der Waals surface area contributed by atoms with Crippen LogP contribution in [0.15, 0.2) is 53.6 Å². The van der Waals surface area contributed by atoms with Crippen LogP contribution in [-0.4, -0.2) is 54.6 Å². The summed E-state index contributed by atoms with van der Waals surface area (Å²) in [5.41, 5.74) is 2.48. The fourth-order valence-corrected chi connectivity index (χ4v) is 3.45. The molecule has 1 amide bonds. The molecule has 0 bridgehead atoms. The number of halogens is 4. The smallest absolute Gasteiger partial charge is 0.296 e. The fourth-order valence-electron chi connectivity index (χ4n) is 3.25. The van der Waals surface area contributed by atoms with Crippen LogP contribution in [0.4, 0.5) is 13.2 Å². The summed E-state index contributed by atoms with van der Waals surface area (Å²) in [4.78, 5) is 16.3. The van der Waals surface area contributed by atoms with Crippen molar-refractivity contribution in [1.82, 2.24) is 15.2 Å². The Morgan fingerprint density at radius 1 is 1.03 bits per heavy atom. The molecule has 0 unspecified atom stereocenters. The number of benzene rings is 2. The van der Waals surface area contributed by atoms with E-state index in [1.165, 1.54) is 18.2 Å². The first-order chi connectivity index (χ1) is 14.3. The molecule has 0 atom stereocenters. The maximum Gasteiger partial charge on any atom is 0.417 e.